The van der Waals surface area contributed by atoms with E-state index in [0.29, 0.717) is 17.7 Å². The maximum atomic E-state index is 12.0. The van der Waals surface area contributed by atoms with E-state index in [1.165, 1.54) is 16.2 Å². The summed E-state index contributed by atoms with van der Waals surface area (Å²) in [5.41, 5.74) is 0. The molecule has 100 valence electrons. The summed E-state index contributed by atoms with van der Waals surface area (Å²) in [6.07, 6.45) is 4.00. The summed E-state index contributed by atoms with van der Waals surface area (Å²) in [5.74, 6) is 0.0263. The number of hydrogen-bond donors (Lipinski definition) is 1. The highest BCUT2D eigenvalue weighted by molar-refractivity contribution is 7.13. The van der Waals surface area contributed by atoms with Gasteiger partial charge in [-0.15, -0.1) is 22.7 Å². The molecule has 4 nitrogen and oxygen atoms in total. The van der Waals surface area contributed by atoms with Gasteiger partial charge in [0.15, 0.2) is 5.13 Å². The Hall–Kier alpha value is -1.24. The largest absolute Gasteiger partial charge is 0.301 e. The van der Waals surface area contributed by atoms with E-state index in [4.69, 9.17) is 0 Å². The molecule has 0 bridgehead atoms. The van der Waals surface area contributed by atoms with Crippen molar-refractivity contribution in [2.24, 2.45) is 0 Å². The minimum atomic E-state index is 0.0263. The number of nitrogens with one attached hydrogen (secondary N) is 1. The molecule has 2 aromatic heterocycles. The van der Waals surface area contributed by atoms with Crippen LogP contribution >= 0.6 is 22.7 Å². The zero-order valence-electron chi connectivity index (χ0n) is 10.4. The fourth-order valence-electron chi connectivity index (χ4n) is 2.45. The van der Waals surface area contributed by atoms with Crippen molar-refractivity contribution in [1.82, 2.24) is 9.88 Å². The van der Waals surface area contributed by atoms with Gasteiger partial charge in [-0.25, -0.2) is 4.98 Å². The van der Waals surface area contributed by atoms with E-state index in [0.717, 1.165) is 19.4 Å². The minimum Gasteiger partial charge on any atom is -0.301 e. The zero-order chi connectivity index (χ0) is 13.1. The Kier molecular flexibility index (Phi) is 3.91. The van der Waals surface area contributed by atoms with E-state index < -0.39 is 0 Å². The Labute approximate surface area is 120 Å². The van der Waals surface area contributed by atoms with Gasteiger partial charge >= 0.3 is 0 Å². The molecule has 1 N–H and O–H groups in total. The van der Waals surface area contributed by atoms with Gasteiger partial charge in [0.05, 0.1) is 6.54 Å². The Morgan fingerprint density at radius 1 is 1.47 bits per heavy atom. The van der Waals surface area contributed by atoms with Gasteiger partial charge in [0, 0.05) is 22.5 Å². The number of thiazole rings is 1. The van der Waals surface area contributed by atoms with Gasteiger partial charge in [0.25, 0.3) is 0 Å². The number of rotatable bonds is 4. The maximum absolute atomic E-state index is 12.0. The first-order valence-electron chi connectivity index (χ1n) is 6.30. The molecular weight excluding hydrogens is 278 g/mol. The van der Waals surface area contributed by atoms with E-state index in [1.54, 1.807) is 17.5 Å². The summed E-state index contributed by atoms with van der Waals surface area (Å²) >= 11 is 3.22. The van der Waals surface area contributed by atoms with Crippen molar-refractivity contribution in [3.63, 3.8) is 0 Å². The van der Waals surface area contributed by atoms with Crippen LogP contribution in [0.2, 0.25) is 0 Å². The van der Waals surface area contributed by atoms with Crippen LogP contribution in [0.3, 0.4) is 0 Å². The number of thiophene rings is 1. The summed E-state index contributed by atoms with van der Waals surface area (Å²) in [6.45, 7) is 1.44. The Morgan fingerprint density at radius 2 is 2.42 bits per heavy atom. The third kappa shape index (κ3) is 3.02. The Morgan fingerprint density at radius 3 is 3.16 bits per heavy atom. The number of nitrogens with zero attached hydrogens (tertiary/aromatic N) is 2. The quantitative estimate of drug-likeness (QED) is 0.942. The topological polar surface area (TPSA) is 45.2 Å². The third-order valence-electron chi connectivity index (χ3n) is 3.26. The van der Waals surface area contributed by atoms with Gasteiger partial charge in [-0.05, 0) is 30.8 Å². The SMILES string of the molecule is O=C(CN1CCC[C@@H]1c1cccs1)Nc1nccs1. The van der Waals surface area contributed by atoms with Crippen LogP contribution in [0.25, 0.3) is 0 Å². The molecule has 1 aliphatic rings. The van der Waals surface area contributed by atoms with Crippen LogP contribution in [0.1, 0.15) is 23.8 Å². The highest BCUT2D eigenvalue weighted by atomic mass is 32.1. The minimum absolute atomic E-state index is 0.0263. The number of aromatic nitrogens is 1. The van der Waals surface area contributed by atoms with Crippen LogP contribution in [0.5, 0.6) is 0 Å². The van der Waals surface area contributed by atoms with E-state index >= 15 is 0 Å². The Bertz CT molecular complexity index is 524. The number of carbonyl (C=O) groups is 1. The molecule has 3 rings (SSSR count). The lowest BCUT2D eigenvalue weighted by Crippen LogP contribution is -2.32. The van der Waals surface area contributed by atoms with Gasteiger partial charge < -0.3 is 5.32 Å². The van der Waals surface area contributed by atoms with Crippen molar-refractivity contribution >= 4 is 33.7 Å². The molecule has 0 aromatic carbocycles. The van der Waals surface area contributed by atoms with Gasteiger partial charge in [-0.3, -0.25) is 9.69 Å². The van der Waals surface area contributed by atoms with Crippen molar-refractivity contribution in [3.8, 4) is 0 Å². The first-order chi connectivity index (χ1) is 9.33. The molecule has 1 amide bonds. The molecule has 6 heteroatoms. The van der Waals surface area contributed by atoms with Crippen molar-refractivity contribution in [2.75, 3.05) is 18.4 Å². The first-order valence-corrected chi connectivity index (χ1v) is 8.05. The normalized spacial score (nSPS) is 19.7. The maximum Gasteiger partial charge on any atom is 0.240 e. The summed E-state index contributed by atoms with van der Waals surface area (Å²) in [4.78, 5) is 19.7. The third-order valence-corrected chi connectivity index (χ3v) is 4.92. The van der Waals surface area contributed by atoms with Gasteiger partial charge in [0.2, 0.25) is 5.91 Å². The van der Waals surface area contributed by atoms with Crippen LogP contribution in [0, 0.1) is 0 Å². The predicted octanol–water partition coefficient (Wildman–Crippen LogP) is 2.98. The summed E-state index contributed by atoms with van der Waals surface area (Å²) in [5, 5.41) is 7.48. The molecule has 2 aromatic rings. The predicted molar refractivity (Wildman–Crippen MR) is 78.6 cm³/mol. The molecule has 0 aliphatic carbocycles. The molecule has 1 aliphatic heterocycles. The van der Waals surface area contributed by atoms with Gasteiger partial charge in [0.1, 0.15) is 0 Å². The number of carbonyl (C=O) groups excluding carboxylic acids is 1. The lowest BCUT2D eigenvalue weighted by atomic mass is 10.2. The number of amides is 1. The van der Waals surface area contributed by atoms with Crippen LogP contribution in [-0.2, 0) is 4.79 Å². The molecular formula is C13H15N3OS2. The van der Waals surface area contributed by atoms with Crippen molar-refractivity contribution in [3.05, 3.63) is 34.0 Å². The molecule has 0 unspecified atom stereocenters. The molecule has 1 saturated heterocycles. The van der Waals surface area contributed by atoms with E-state index in [-0.39, 0.29) is 5.91 Å². The number of likely N-dealkylation sites (tertiary alicyclic amines) is 1. The van der Waals surface area contributed by atoms with E-state index in [9.17, 15) is 4.79 Å². The first kappa shape index (κ1) is 12.8. The van der Waals surface area contributed by atoms with Crippen LogP contribution in [-0.4, -0.2) is 28.9 Å². The number of anilines is 1. The standard InChI is InChI=1S/C13H15N3OS2/c17-12(15-13-14-5-8-19-13)9-16-6-1-3-10(16)11-4-2-7-18-11/h2,4-5,7-8,10H,1,3,6,9H2,(H,14,15,17)/t10-/m1/s1. The summed E-state index contributed by atoms with van der Waals surface area (Å²) in [7, 11) is 0. The molecule has 0 radical (unpaired) electrons. The fourth-order valence-corrected chi connectivity index (χ4v) is 3.89. The highest BCUT2D eigenvalue weighted by Gasteiger charge is 2.28. The van der Waals surface area contributed by atoms with Crippen LogP contribution in [0.4, 0.5) is 5.13 Å². The molecule has 0 spiro atoms. The van der Waals surface area contributed by atoms with E-state index in [2.05, 4.69) is 32.7 Å². The molecule has 0 saturated carbocycles. The van der Waals surface area contributed by atoms with E-state index in [1.807, 2.05) is 5.38 Å². The summed E-state index contributed by atoms with van der Waals surface area (Å²) in [6, 6.07) is 4.64. The van der Waals surface area contributed by atoms with Gasteiger partial charge in [-0.2, -0.15) is 0 Å². The zero-order valence-corrected chi connectivity index (χ0v) is 12.0. The Balaban J connectivity index is 1.61. The highest BCUT2D eigenvalue weighted by Crippen LogP contribution is 2.34. The number of hydrogen-bond acceptors (Lipinski definition) is 5. The molecule has 1 fully saturated rings. The fraction of sp³-hybridized carbons (Fsp3) is 0.385. The summed E-state index contributed by atoms with van der Waals surface area (Å²) < 4.78 is 0. The van der Waals surface area contributed by atoms with Crippen LogP contribution < -0.4 is 5.32 Å². The van der Waals surface area contributed by atoms with Crippen molar-refractivity contribution in [1.29, 1.82) is 0 Å². The van der Waals surface area contributed by atoms with Crippen molar-refractivity contribution in [2.45, 2.75) is 18.9 Å². The molecule has 19 heavy (non-hydrogen) atoms. The molecule has 1 atom stereocenters. The van der Waals surface area contributed by atoms with Gasteiger partial charge in [-0.1, -0.05) is 6.07 Å². The average Bonchev–Trinajstić information content (AvgIpc) is 3.09. The lowest BCUT2D eigenvalue weighted by Gasteiger charge is -2.22. The molecule has 3 heterocycles. The van der Waals surface area contributed by atoms with Crippen molar-refractivity contribution < 1.29 is 4.79 Å². The monoisotopic (exact) mass is 293 g/mol. The second kappa shape index (κ2) is 5.81. The second-order valence-electron chi connectivity index (χ2n) is 4.53. The lowest BCUT2D eigenvalue weighted by molar-refractivity contribution is -0.117. The van der Waals surface area contributed by atoms with Crippen LogP contribution in [0.15, 0.2) is 29.1 Å². The smallest absolute Gasteiger partial charge is 0.240 e. The average molecular weight is 293 g/mol. The second-order valence-corrected chi connectivity index (χ2v) is 6.40.